The van der Waals surface area contributed by atoms with Crippen LogP contribution in [0.5, 0.6) is 0 Å². The smallest absolute Gasteiger partial charge is 0.243 e. The maximum absolute atomic E-state index is 13.0. The Morgan fingerprint density at radius 1 is 1.50 bits per heavy atom. The lowest BCUT2D eigenvalue weighted by atomic mass is 10.2. The van der Waals surface area contributed by atoms with Gasteiger partial charge in [-0.05, 0) is 38.6 Å². The first-order valence-corrected chi connectivity index (χ1v) is 6.18. The molecule has 1 fully saturated rings. The first-order chi connectivity index (χ1) is 8.72. The van der Waals surface area contributed by atoms with Crippen molar-refractivity contribution in [2.45, 2.75) is 18.9 Å². The van der Waals surface area contributed by atoms with E-state index in [0.29, 0.717) is 17.6 Å². The second-order valence-electron chi connectivity index (χ2n) is 4.74. The standard InChI is InChI=1S/C12H16FN5/c1-17-6-2-3-10(17)7-14-12-15-11-5-4-9(13)8-18(11)16-12/h4-5,8,10H,2-3,6-7H2,1H3,(H,14,16). The van der Waals surface area contributed by atoms with Gasteiger partial charge >= 0.3 is 0 Å². The minimum absolute atomic E-state index is 0.311. The zero-order valence-corrected chi connectivity index (χ0v) is 10.3. The van der Waals surface area contributed by atoms with E-state index in [2.05, 4.69) is 27.3 Å². The Morgan fingerprint density at radius 3 is 3.17 bits per heavy atom. The predicted octanol–water partition coefficient (Wildman–Crippen LogP) is 1.37. The van der Waals surface area contributed by atoms with Crippen molar-refractivity contribution < 1.29 is 4.39 Å². The Bertz CT molecular complexity index is 552. The van der Waals surface area contributed by atoms with Crippen LogP contribution in [0.4, 0.5) is 10.3 Å². The lowest BCUT2D eigenvalue weighted by Gasteiger charge is -2.18. The molecule has 0 aromatic carbocycles. The van der Waals surface area contributed by atoms with Crippen molar-refractivity contribution in [2.75, 3.05) is 25.5 Å². The highest BCUT2D eigenvalue weighted by Gasteiger charge is 2.20. The summed E-state index contributed by atoms with van der Waals surface area (Å²) in [7, 11) is 2.13. The molecule has 0 saturated carbocycles. The third-order valence-electron chi connectivity index (χ3n) is 3.46. The van der Waals surface area contributed by atoms with Gasteiger partial charge in [-0.1, -0.05) is 0 Å². The molecule has 1 aliphatic heterocycles. The van der Waals surface area contributed by atoms with Gasteiger partial charge in [0.25, 0.3) is 0 Å². The monoisotopic (exact) mass is 249 g/mol. The molecule has 2 aromatic heterocycles. The summed E-state index contributed by atoms with van der Waals surface area (Å²) in [5.74, 6) is 0.246. The van der Waals surface area contributed by atoms with Crippen molar-refractivity contribution in [3.05, 3.63) is 24.1 Å². The number of aromatic nitrogens is 3. The van der Waals surface area contributed by atoms with Gasteiger partial charge in [-0.25, -0.2) is 8.91 Å². The number of nitrogens with one attached hydrogen (secondary N) is 1. The molecule has 18 heavy (non-hydrogen) atoms. The van der Waals surface area contributed by atoms with Crippen molar-refractivity contribution in [3.63, 3.8) is 0 Å². The van der Waals surface area contributed by atoms with E-state index in [1.165, 1.54) is 29.6 Å². The number of halogens is 1. The van der Waals surface area contributed by atoms with Crippen molar-refractivity contribution in [3.8, 4) is 0 Å². The average molecular weight is 249 g/mol. The molecule has 0 aliphatic carbocycles. The van der Waals surface area contributed by atoms with Crippen molar-refractivity contribution in [1.82, 2.24) is 19.5 Å². The molecule has 1 atom stereocenters. The predicted molar refractivity (Wildman–Crippen MR) is 67.1 cm³/mol. The first kappa shape index (κ1) is 11.4. The molecule has 3 rings (SSSR count). The fourth-order valence-electron chi connectivity index (χ4n) is 2.38. The van der Waals surface area contributed by atoms with Crippen molar-refractivity contribution in [1.29, 1.82) is 0 Å². The Balaban J connectivity index is 1.71. The molecular weight excluding hydrogens is 233 g/mol. The van der Waals surface area contributed by atoms with Gasteiger partial charge in [-0.15, -0.1) is 5.10 Å². The molecule has 2 aromatic rings. The maximum atomic E-state index is 13.0. The zero-order chi connectivity index (χ0) is 12.5. The SMILES string of the molecule is CN1CCCC1CNc1nc2ccc(F)cn2n1. The fourth-order valence-corrected chi connectivity index (χ4v) is 2.38. The highest BCUT2D eigenvalue weighted by atomic mass is 19.1. The minimum atomic E-state index is -0.311. The molecule has 1 unspecified atom stereocenters. The minimum Gasteiger partial charge on any atom is -0.351 e. The third kappa shape index (κ3) is 2.15. The van der Waals surface area contributed by atoms with Gasteiger partial charge in [0, 0.05) is 12.6 Å². The Morgan fingerprint density at radius 2 is 2.39 bits per heavy atom. The molecule has 1 aliphatic rings. The summed E-state index contributed by atoms with van der Waals surface area (Å²) in [6.07, 6.45) is 3.77. The summed E-state index contributed by atoms with van der Waals surface area (Å²) < 4.78 is 14.5. The number of hydrogen-bond acceptors (Lipinski definition) is 4. The molecule has 3 heterocycles. The van der Waals surface area contributed by atoms with Gasteiger partial charge in [0.15, 0.2) is 5.65 Å². The molecule has 0 amide bonds. The van der Waals surface area contributed by atoms with E-state index in [4.69, 9.17) is 0 Å². The van der Waals surface area contributed by atoms with Crippen LogP contribution in [0, 0.1) is 5.82 Å². The number of likely N-dealkylation sites (N-methyl/N-ethyl adjacent to an activating group) is 1. The lowest BCUT2D eigenvalue weighted by molar-refractivity contribution is 0.322. The van der Waals surface area contributed by atoms with Crippen LogP contribution in [0.1, 0.15) is 12.8 Å². The van der Waals surface area contributed by atoms with Crippen LogP contribution in [-0.2, 0) is 0 Å². The quantitative estimate of drug-likeness (QED) is 0.892. The fraction of sp³-hybridized carbons (Fsp3) is 0.500. The van der Waals surface area contributed by atoms with E-state index in [0.717, 1.165) is 13.1 Å². The van der Waals surface area contributed by atoms with E-state index < -0.39 is 0 Å². The molecular formula is C12H16FN5. The van der Waals surface area contributed by atoms with Crippen molar-refractivity contribution in [2.24, 2.45) is 0 Å². The summed E-state index contributed by atoms with van der Waals surface area (Å²) in [5.41, 5.74) is 0.652. The van der Waals surface area contributed by atoms with Crippen LogP contribution in [0.3, 0.4) is 0 Å². The normalized spacial score (nSPS) is 20.7. The highest BCUT2D eigenvalue weighted by molar-refractivity contribution is 5.43. The number of likely N-dealkylation sites (tertiary alicyclic amines) is 1. The summed E-state index contributed by atoms with van der Waals surface area (Å²) in [6.45, 7) is 1.98. The summed E-state index contributed by atoms with van der Waals surface area (Å²) in [5, 5.41) is 7.41. The van der Waals surface area contributed by atoms with E-state index in [-0.39, 0.29) is 5.82 Å². The van der Waals surface area contributed by atoms with E-state index in [1.54, 1.807) is 6.07 Å². The number of pyridine rings is 1. The highest BCUT2D eigenvalue weighted by Crippen LogP contribution is 2.15. The molecule has 1 N–H and O–H groups in total. The molecule has 0 bridgehead atoms. The lowest BCUT2D eigenvalue weighted by Crippen LogP contribution is -2.31. The molecule has 6 heteroatoms. The second kappa shape index (κ2) is 4.53. The Hall–Kier alpha value is -1.69. The average Bonchev–Trinajstić information content (AvgIpc) is 2.92. The number of nitrogens with zero attached hydrogens (tertiary/aromatic N) is 4. The number of rotatable bonds is 3. The number of hydrogen-bond donors (Lipinski definition) is 1. The number of anilines is 1. The van der Waals surface area contributed by atoms with Gasteiger partial charge in [-0.3, -0.25) is 0 Å². The molecule has 1 saturated heterocycles. The van der Waals surface area contributed by atoms with Gasteiger partial charge in [0.1, 0.15) is 5.82 Å². The molecule has 5 nitrogen and oxygen atoms in total. The summed E-state index contributed by atoms with van der Waals surface area (Å²) >= 11 is 0. The zero-order valence-electron chi connectivity index (χ0n) is 10.3. The van der Waals surface area contributed by atoms with Gasteiger partial charge in [-0.2, -0.15) is 4.98 Å². The van der Waals surface area contributed by atoms with Crippen LogP contribution < -0.4 is 5.32 Å². The first-order valence-electron chi connectivity index (χ1n) is 6.18. The Kier molecular flexibility index (Phi) is 2.87. The van der Waals surface area contributed by atoms with Gasteiger partial charge in [0.2, 0.25) is 5.95 Å². The largest absolute Gasteiger partial charge is 0.351 e. The second-order valence-corrected chi connectivity index (χ2v) is 4.74. The Labute approximate surface area is 105 Å². The van der Waals surface area contributed by atoms with E-state index >= 15 is 0 Å². The van der Waals surface area contributed by atoms with Crippen LogP contribution in [0.15, 0.2) is 18.3 Å². The van der Waals surface area contributed by atoms with Crippen LogP contribution >= 0.6 is 0 Å². The van der Waals surface area contributed by atoms with Gasteiger partial charge < -0.3 is 10.2 Å². The van der Waals surface area contributed by atoms with E-state index in [9.17, 15) is 4.39 Å². The van der Waals surface area contributed by atoms with E-state index in [1.807, 2.05) is 0 Å². The van der Waals surface area contributed by atoms with Crippen LogP contribution in [0.25, 0.3) is 5.65 Å². The van der Waals surface area contributed by atoms with Gasteiger partial charge in [0.05, 0.1) is 6.20 Å². The molecule has 0 radical (unpaired) electrons. The molecule has 0 spiro atoms. The summed E-state index contributed by atoms with van der Waals surface area (Å²) in [4.78, 5) is 6.63. The molecule has 96 valence electrons. The van der Waals surface area contributed by atoms with Crippen molar-refractivity contribution >= 4 is 11.6 Å². The third-order valence-corrected chi connectivity index (χ3v) is 3.46. The van der Waals surface area contributed by atoms with Crippen LogP contribution in [0.2, 0.25) is 0 Å². The number of fused-ring (bicyclic) bond motifs is 1. The maximum Gasteiger partial charge on any atom is 0.243 e. The summed E-state index contributed by atoms with van der Waals surface area (Å²) in [6, 6.07) is 3.54. The topological polar surface area (TPSA) is 45.5 Å². The van der Waals surface area contributed by atoms with Crippen LogP contribution in [-0.4, -0.2) is 45.7 Å².